The molecule has 6 aromatic rings. The Morgan fingerprint density at radius 1 is 0.447 bits per heavy atom. The molecule has 0 fully saturated rings. The van der Waals surface area contributed by atoms with Crippen molar-refractivity contribution in [1.82, 2.24) is 9.97 Å². The van der Waals surface area contributed by atoms with Crippen molar-refractivity contribution >= 4 is 28.8 Å². The summed E-state index contributed by atoms with van der Waals surface area (Å²) in [5.41, 5.74) is 7.12. The minimum absolute atomic E-state index is 0. The van der Waals surface area contributed by atoms with Gasteiger partial charge in [-0.3, -0.25) is 9.97 Å². The Morgan fingerprint density at radius 2 is 0.868 bits per heavy atom. The maximum absolute atomic E-state index is 4.19. The van der Waals surface area contributed by atoms with Gasteiger partial charge in [0.2, 0.25) is 0 Å². The minimum Gasteiger partial charge on any atom is -0.255 e. The molecule has 4 heterocycles. The first-order chi connectivity index (χ1) is 18.4. The average Bonchev–Trinajstić information content (AvgIpc) is 3.46. The van der Waals surface area contributed by atoms with Crippen LogP contribution < -0.4 is 20.7 Å². The van der Waals surface area contributed by atoms with Crippen LogP contribution in [0.25, 0.3) is 33.6 Å². The van der Waals surface area contributed by atoms with Gasteiger partial charge < -0.3 is 0 Å². The van der Waals surface area contributed by atoms with Crippen molar-refractivity contribution in [1.29, 1.82) is 0 Å². The van der Waals surface area contributed by atoms with Crippen molar-refractivity contribution in [2.24, 2.45) is 0 Å². The van der Waals surface area contributed by atoms with Gasteiger partial charge in [0.05, 0.1) is 19.5 Å². The second-order valence-corrected chi connectivity index (χ2v) is 12.8. The molecule has 0 amide bonds. The Kier molecular flexibility index (Phi) is 6.46. The molecule has 8 rings (SSSR count). The van der Waals surface area contributed by atoms with E-state index < -0.39 is 8.07 Å². The fraction of sp³-hybridized carbons (Fsp3) is 0. The molecule has 2 nitrogen and oxygen atoms in total. The van der Waals surface area contributed by atoms with Gasteiger partial charge in [0, 0.05) is 32.5 Å². The van der Waals surface area contributed by atoms with Gasteiger partial charge in [-0.1, -0.05) is 71.0 Å². The third-order valence-corrected chi connectivity index (χ3v) is 12.3. The summed E-state index contributed by atoms with van der Waals surface area (Å²) in [5, 5.41) is 5.94. The summed E-state index contributed by atoms with van der Waals surface area (Å²) in [6, 6.07) is 49.6. The van der Waals surface area contributed by atoms with E-state index in [0.29, 0.717) is 0 Å². The smallest absolute Gasteiger partial charge is 0.0886 e. The molecule has 4 aromatic carbocycles. The van der Waals surface area contributed by atoms with E-state index in [2.05, 4.69) is 94.9 Å². The van der Waals surface area contributed by atoms with E-state index >= 15 is 0 Å². The first kappa shape index (κ1) is 24.4. The number of benzene rings is 4. The maximum Gasteiger partial charge on any atom is 0.0886 e. The van der Waals surface area contributed by atoms with Crippen LogP contribution in [0.15, 0.2) is 134 Å². The van der Waals surface area contributed by atoms with E-state index in [1.807, 2.05) is 48.5 Å². The van der Waals surface area contributed by atoms with Crippen LogP contribution >= 0.6 is 0 Å². The van der Waals surface area contributed by atoms with Crippen LogP contribution in [0.3, 0.4) is 0 Å². The second-order valence-electron chi connectivity index (χ2n) is 9.19. The predicted octanol–water partition coefficient (Wildman–Crippen LogP) is 4.77. The molecule has 1 radical (unpaired) electrons. The van der Waals surface area contributed by atoms with Crippen molar-refractivity contribution in [2.45, 2.75) is 0 Å². The molecule has 38 heavy (non-hydrogen) atoms. The largest absolute Gasteiger partial charge is 0.255 e. The Hall–Kier alpha value is -3.95. The van der Waals surface area contributed by atoms with Gasteiger partial charge in [-0.2, -0.15) is 46.8 Å². The minimum atomic E-state index is -2.21. The van der Waals surface area contributed by atoms with Crippen molar-refractivity contribution in [3.8, 4) is 33.6 Å². The van der Waals surface area contributed by atoms with E-state index in [1.54, 1.807) is 12.4 Å². The molecule has 0 unspecified atom stereocenters. The third-order valence-electron chi connectivity index (χ3n) is 7.31. The molecule has 0 bridgehead atoms. The molecule has 2 aromatic heterocycles. The molecular weight excluding hydrogens is 657 g/mol. The van der Waals surface area contributed by atoms with Crippen molar-refractivity contribution in [2.75, 3.05) is 0 Å². The number of aromatic nitrogens is 2. The van der Waals surface area contributed by atoms with Gasteiger partial charge in [0.1, 0.15) is 0 Å². The van der Waals surface area contributed by atoms with Gasteiger partial charge >= 0.3 is 0 Å². The van der Waals surface area contributed by atoms with Crippen molar-refractivity contribution in [3.05, 3.63) is 146 Å². The quantitative estimate of drug-likeness (QED) is 0.185. The Labute approximate surface area is 237 Å². The van der Waals surface area contributed by atoms with Gasteiger partial charge in [0.25, 0.3) is 0 Å². The summed E-state index contributed by atoms with van der Waals surface area (Å²) >= 11 is 0. The average molecular weight is 679 g/mol. The molecule has 0 saturated heterocycles. The summed E-state index contributed by atoms with van der Waals surface area (Å²) in [6.07, 6.45) is 3.54. The number of pyridine rings is 2. The van der Waals surface area contributed by atoms with Crippen molar-refractivity contribution < 1.29 is 20.1 Å². The van der Waals surface area contributed by atoms with Crippen LogP contribution in [0.2, 0.25) is 0 Å². The number of rotatable bonds is 1. The SMILES string of the molecule is [Ir].[c-]1cccc2c1-c1[c-]cccc1[Si]21c2ccccc2-c2ccccc21.c1ccc(-c2ccccn2)nc1. The van der Waals surface area contributed by atoms with Gasteiger partial charge in [-0.25, -0.2) is 11.1 Å². The summed E-state index contributed by atoms with van der Waals surface area (Å²) in [6.45, 7) is 0. The molecular formula is C34H22IrN2Si-2. The van der Waals surface area contributed by atoms with Crippen LogP contribution in [0.1, 0.15) is 0 Å². The number of nitrogens with zero attached hydrogens (tertiary/aromatic N) is 2. The van der Waals surface area contributed by atoms with Gasteiger partial charge in [-0.15, -0.1) is 12.1 Å². The molecule has 0 aliphatic carbocycles. The second kappa shape index (κ2) is 10.1. The van der Waals surface area contributed by atoms with E-state index in [4.69, 9.17) is 0 Å². The molecule has 2 aliphatic heterocycles. The van der Waals surface area contributed by atoms with E-state index in [-0.39, 0.29) is 20.1 Å². The zero-order valence-corrected chi connectivity index (χ0v) is 23.8. The van der Waals surface area contributed by atoms with Crippen LogP contribution in [-0.2, 0) is 20.1 Å². The topological polar surface area (TPSA) is 25.8 Å². The van der Waals surface area contributed by atoms with Crippen LogP contribution in [0, 0.1) is 12.1 Å². The van der Waals surface area contributed by atoms with Crippen LogP contribution in [0.4, 0.5) is 0 Å². The zero-order chi connectivity index (χ0) is 24.7. The molecule has 0 saturated carbocycles. The predicted molar refractivity (Wildman–Crippen MR) is 153 cm³/mol. The molecule has 183 valence electrons. The third kappa shape index (κ3) is 3.65. The summed E-state index contributed by atoms with van der Waals surface area (Å²) in [7, 11) is -2.21. The van der Waals surface area contributed by atoms with E-state index in [1.165, 1.54) is 43.0 Å². The van der Waals surface area contributed by atoms with Crippen LogP contribution in [0.5, 0.6) is 0 Å². The fourth-order valence-corrected chi connectivity index (χ4v) is 11.4. The number of hydrogen-bond donors (Lipinski definition) is 0. The standard InChI is InChI=1S/C24H14Si.C10H8N2.Ir/c1-5-13-21-17(9-1)18-10-2-6-14-22(18)25(21)23-15-7-3-11-19(23)20-12-4-8-16-24(20)25;1-3-7-11-9(5-1)10-6-2-4-8-12-10;/h1-10,13-16H;1-8H;/q-2;;. The first-order valence-electron chi connectivity index (χ1n) is 12.4. The van der Waals surface area contributed by atoms with Gasteiger partial charge in [0.15, 0.2) is 0 Å². The molecule has 4 heteroatoms. The Balaban J connectivity index is 0.000000172. The normalized spacial score (nSPS) is 12.7. The first-order valence-corrected chi connectivity index (χ1v) is 14.4. The van der Waals surface area contributed by atoms with E-state index in [0.717, 1.165) is 11.4 Å². The summed E-state index contributed by atoms with van der Waals surface area (Å²) < 4.78 is 0. The Bertz CT molecular complexity index is 1510. The molecule has 1 spiro atoms. The zero-order valence-electron chi connectivity index (χ0n) is 20.4. The Morgan fingerprint density at radius 3 is 1.32 bits per heavy atom. The molecule has 2 aliphatic rings. The van der Waals surface area contributed by atoms with Crippen molar-refractivity contribution in [3.63, 3.8) is 0 Å². The van der Waals surface area contributed by atoms with E-state index in [9.17, 15) is 0 Å². The fourth-order valence-electron chi connectivity index (χ4n) is 5.90. The molecule has 0 atom stereocenters. The van der Waals surface area contributed by atoms with Gasteiger partial charge in [-0.05, 0) is 35.4 Å². The maximum atomic E-state index is 4.19. The summed E-state index contributed by atoms with van der Waals surface area (Å²) in [4.78, 5) is 8.37. The number of hydrogen-bond acceptors (Lipinski definition) is 2. The monoisotopic (exact) mass is 679 g/mol. The summed E-state index contributed by atoms with van der Waals surface area (Å²) in [5.74, 6) is 0. The van der Waals surface area contributed by atoms with Crippen LogP contribution in [-0.4, -0.2) is 18.0 Å². The molecule has 0 N–H and O–H groups in total. The number of fused-ring (bicyclic) bond motifs is 10.